The number of fused-ring (bicyclic) bond motifs is 1. The van der Waals surface area contributed by atoms with Crippen molar-refractivity contribution >= 4 is 17.6 Å². The van der Waals surface area contributed by atoms with Crippen LogP contribution in [0.2, 0.25) is 0 Å². The number of aromatic nitrogens is 5. The van der Waals surface area contributed by atoms with Gasteiger partial charge in [-0.15, -0.1) is 0 Å². The summed E-state index contributed by atoms with van der Waals surface area (Å²) in [4.78, 5) is 38.1. The van der Waals surface area contributed by atoms with Gasteiger partial charge in [0.05, 0.1) is 24.6 Å². The van der Waals surface area contributed by atoms with E-state index in [9.17, 15) is 22.8 Å². The average molecular weight is 652 g/mol. The molecule has 1 atom stereocenters. The zero-order chi connectivity index (χ0) is 33.6. The molecule has 0 spiro atoms. The van der Waals surface area contributed by atoms with E-state index in [0.717, 1.165) is 17.2 Å². The molecule has 5 heterocycles. The van der Waals surface area contributed by atoms with Crippen molar-refractivity contribution in [2.75, 3.05) is 38.2 Å². The van der Waals surface area contributed by atoms with Crippen molar-refractivity contribution in [1.82, 2.24) is 29.2 Å². The van der Waals surface area contributed by atoms with Crippen LogP contribution in [0.5, 0.6) is 5.75 Å². The number of benzene rings is 1. The van der Waals surface area contributed by atoms with Crippen LogP contribution in [0.25, 0.3) is 11.1 Å². The Bertz CT molecular complexity index is 1830. The summed E-state index contributed by atoms with van der Waals surface area (Å²) in [5.41, 5.74) is 1.51. The molecule has 2 aliphatic heterocycles. The van der Waals surface area contributed by atoms with Crippen molar-refractivity contribution < 1.29 is 32.6 Å². The smallest absolute Gasteiger partial charge is 0.435 e. The monoisotopic (exact) mass is 651 g/mol. The molecule has 2 aliphatic rings. The molecule has 0 unspecified atom stereocenters. The number of alkyl halides is 3. The highest BCUT2D eigenvalue weighted by Crippen LogP contribution is 2.44. The molecule has 0 saturated carbocycles. The van der Waals surface area contributed by atoms with Gasteiger partial charge in [0.25, 0.3) is 0 Å². The van der Waals surface area contributed by atoms with Gasteiger partial charge in [0.1, 0.15) is 17.4 Å². The van der Waals surface area contributed by atoms with Crippen molar-refractivity contribution in [1.29, 1.82) is 0 Å². The van der Waals surface area contributed by atoms with Gasteiger partial charge in [0.15, 0.2) is 11.5 Å². The zero-order valence-corrected chi connectivity index (χ0v) is 26.6. The number of hydrogen-bond acceptors (Lipinski definition) is 8. The minimum atomic E-state index is -4.71. The lowest BCUT2D eigenvalue weighted by atomic mass is 9.87. The van der Waals surface area contributed by atoms with E-state index in [1.54, 1.807) is 43.4 Å². The second kappa shape index (κ2) is 12.5. The standard InChI is InChI=1S/C33H36F3N7O4/c1-5-43-16-27(32(39-43)33(34,35)36)25-10-21(13-41-7-6-37-20(41)3)11-26-30(46)22(18-47-31(25)26)12-23-8-19(2)9-28(38-23)42-14-24(15-42)40(4)17-29(44)45/h6-11,16,22,24H,5,12-15,17-18H2,1-4H3,(H,44,45)/t22-/m1/s1. The Balaban J connectivity index is 1.31. The molecule has 1 saturated heterocycles. The molecule has 0 aliphatic carbocycles. The number of likely N-dealkylation sites (N-methyl/N-ethyl adjacent to an activating group) is 1. The van der Waals surface area contributed by atoms with Crippen molar-refractivity contribution in [3.8, 4) is 16.9 Å². The molecular formula is C33H36F3N7O4. The highest BCUT2D eigenvalue weighted by molar-refractivity contribution is 6.04. The van der Waals surface area contributed by atoms with Gasteiger partial charge in [-0.05, 0) is 63.2 Å². The third-order valence-electron chi connectivity index (χ3n) is 8.79. The van der Waals surface area contributed by atoms with E-state index >= 15 is 0 Å². The lowest BCUT2D eigenvalue weighted by Crippen LogP contribution is -2.59. The fourth-order valence-electron chi connectivity index (χ4n) is 6.21. The van der Waals surface area contributed by atoms with Crippen LogP contribution in [-0.4, -0.2) is 85.4 Å². The number of Topliss-reactive ketones (excluding diaryl/α,β-unsaturated/α-hetero) is 1. The Labute approximate surface area is 269 Å². The second-order valence-corrected chi connectivity index (χ2v) is 12.3. The molecule has 1 aromatic carbocycles. The maximum absolute atomic E-state index is 14.2. The minimum Gasteiger partial charge on any atom is -0.491 e. The quantitative estimate of drug-likeness (QED) is 0.265. The molecule has 47 heavy (non-hydrogen) atoms. The first kappa shape index (κ1) is 32.2. The topological polar surface area (TPSA) is 119 Å². The van der Waals surface area contributed by atoms with Gasteiger partial charge >= 0.3 is 12.1 Å². The van der Waals surface area contributed by atoms with E-state index in [1.165, 1.54) is 10.9 Å². The first-order valence-corrected chi connectivity index (χ1v) is 15.4. The first-order valence-electron chi connectivity index (χ1n) is 15.4. The van der Waals surface area contributed by atoms with E-state index in [4.69, 9.17) is 14.8 Å². The number of nitrogens with zero attached hydrogens (tertiary/aromatic N) is 7. The average Bonchev–Trinajstić information content (AvgIpc) is 3.59. The summed E-state index contributed by atoms with van der Waals surface area (Å²) < 4.78 is 51.8. The van der Waals surface area contributed by atoms with Gasteiger partial charge in [-0.3, -0.25) is 19.2 Å². The van der Waals surface area contributed by atoms with Crippen molar-refractivity contribution in [2.24, 2.45) is 5.92 Å². The molecule has 6 rings (SSSR count). The Morgan fingerprint density at radius 1 is 1.13 bits per heavy atom. The van der Waals surface area contributed by atoms with Crippen molar-refractivity contribution in [2.45, 2.75) is 52.5 Å². The predicted molar refractivity (Wildman–Crippen MR) is 167 cm³/mol. The van der Waals surface area contributed by atoms with E-state index in [-0.39, 0.29) is 60.4 Å². The number of carboxylic acids is 1. The Hall–Kier alpha value is -4.72. The summed E-state index contributed by atoms with van der Waals surface area (Å²) in [5, 5.41) is 12.9. The van der Waals surface area contributed by atoms with Crippen LogP contribution in [0.15, 0.2) is 42.9 Å². The first-order chi connectivity index (χ1) is 22.3. The normalized spacial score (nSPS) is 16.7. The van der Waals surface area contributed by atoms with Crippen molar-refractivity contribution in [3.05, 3.63) is 76.8 Å². The fourth-order valence-corrected chi connectivity index (χ4v) is 6.21. The maximum Gasteiger partial charge on any atom is 0.435 e. The third kappa shape index (κ3) is 6.59. The molecule has 3 aromatic heterocycles. The number of ether oxygens (including phenoxy) is 1. The third-order valence-corrected chi connectivity index (χ3v) is 8.79. The molecule has 1 N–H and O–H groups in total. The number of aryl methyl sites for hydroxylation is 3. The van der Waals surface area contributed by atoms with Gasteiger partial charge in [-0.1, -0.05) is 0 Å². The fraction of sp³-hybridized carbons (Fsp3) is 0.424. The molecule has 1 fully saturated rings. The molecular weight excluding hydrogens is 615 g/mol. The Morgan fingerprint density at radius 3 is 2.53 bits per heavy atom. The van der Waals surface area contributed by atoms with E-state index < -0.39 is 23.8 Å². The lowest BCUT2D eigenvalue weighted by molar-refractivity contribution is -0.141. The number of rotatable bonds is 10. The van der Waals surface area contributed by atoms with E-state index in [1.807, 2.05) is 30.5 Å². The summed E-state index contributed by atoms with van der Waals surface area (Å²) in [7, 11) is 1.78. The largest absolute Gasteiger partial charge is 0.491 e. The number of hydrogen-bond donors (Lipinski definition) is 1. The second-order valence-electron chi connectivity index (χ2n) is 12.3. The predicted octanol–water partition coefficient (Wildman–Crippen LogP) is 4.48. The molecule has 14 heteroatoms. The van der Waals surface area contributed by atoms with Gasteiger partial charge in [-0.25, -0.2) is 9.97 Å². The molecule has 0 radical (unpaired) electrons. The number of aliphatic carboxylic acids is 1. The number of carboxylic acid groups (broad SMARTS) is 1. The summed E-state index contributed by atoms with van der Waals surface area (Å²) in [6.45, 7) is 7.23. The van der Waals surface area contributed by atoms with Crippen LogP contribution in [-0.2, 0) is 30.5 Å². The summed E-state index contributed by atoms with van der Waals surface area (Å²) in [6, 6.07) is 7.31. The Morgan fingerprint density at radius 2 is 1.87 bits per heavy atom. The number of imidazole rings is 1. The van der Waals surface area contributed by atoms with Crippen LogP contribution in [0.1, 0.15) is 45.6 Å². The lowest BCUT2D eigenvalue weighted by Gasteiger charge is -2.44. The number of halogens is 3. The van der Waals surface area contributed by atoms with Crippen LogP contribution in [0.4, 0.5) is 19.0 Å². The number of anilines is 1. The van der Waals surface area contributed by atoms with Gasteiger partial charge in [0.2, 0.25) is 0 Å². The molecule has 4 aromatic rings. The van der Waals surface area contributed by atoms with Crippen LogP contribution < -0.4 is 9.64 Å². The van der Waals surface area contributed by atoms with Gasteiger partial charge in [0, 0.05) is 74.1 Å². The highest BCUT2D eigenvalue weighted by Gasteiger charge is 2.40. The summed E-state index contributed by atoms with van der Waals surface area (Å²) in [6.07, 6.45) is 0.339. The van der Waals surface area contributed by atoms with Crippen molar-refractivity contribution in [3.63, 3.8) is 0 Å². The Kier molecular flexibility index (Phi) is 8.55. The van der Waals surface area contributed by atoms with E-state index in [2.05, 4.69) is 15.0 Å². The highest BCUT2D eigenvalue weighted by atomic mass is 19.4. The summed E-state index contributed by atoms with van der Waals surface area (Å²) >= 11 is 0. The maximum atomic E-state index is 14.2. The number of pyridine rings is 1. The summed E-state index contributed by atoms with van der Waals surface area (Å²) in [5.74, 6) is -0.115. The number of carbonyl (C=O) groups excluding carboxylic acids is 1. The van der Waals surface area contributed by atoms with E-state index in [0.29, 0.717) is 30.9 Å². The van der Waals surface area contributed by atoms with Crippen LogP contribution in [0.3, 0.4) is 0 Å². The SMILES string of the molecule is CCn1cc(-c2cc(Cn3ccnc3C)cc3c2OC[C@@H](Cc2cc(C)cc(N4CC(N(C)CC(=O)O)C4)n2)C3=O)c(C(F)(F)F)n1. The molecule has 248 valence electrons. The zero-order valence-electron chi connectivity index (χ0n) is 26.6. The van der Waals surface area contributed by atoms with Crippen LogP contribution in [0, 0.1) is 19.8 Å². The molecule has 0 amide bonds. The molecule has 11 nitrogen and oxygen atoms in total. The van der Waals surface area contributed by atoms with Gasteiger partial charge < -0.3 is 19.3 Å². The number of ketones is 1. The minimum absolute atomic E-state index is 0.0151. The van der Waals surface area contributed by atoms with Gasteiger partial charge in [-0.2, -0.15) is 18.3 Å². The molecule has 0 bridgehead atoms. The van der Waals surface area contributed by atoms with Crippen LogP contribution >= 0.6 is 0 Å². The number of carbonyl (C=O) groups is 2.